The molecule has 1 atom stereocenters. The van der Waals surface area contributed by atoms with Crippen LogP contribution in [0, 0.1) is 0 Å². The fraction of sp³-hybridized carbons (Fsp3) is 0.450. The van der Waals surface area contributed by atoms with Gasteiger partial charge in [-0.05, 0) is 50.2 Å². The minimum absolute atomic E-state index is 0.509. The molecule has 1 unspecified atom stereocenters. The zero-order chi connectivity index (χ0) is 17.5. The highest BCUT2D eigenvalue weighted by molar-refractivity contribution is 6.30. The number of rotatable bonds is 8. The molecule has 0 spiro atoms. The summed E-state index contributed by atoms with van der Waals surface area (Å²) in [5.74, 6) is 0.875. The summed E-state index contributed by atoms with van der Waals surface area (Å²) in [4.78, 5) is 6.67. The number of pyridine rings is 1. The topological polar surface area (TPSA) is 37.4 Å². The van der Waals surface area contributed by atoms with Crippen LogP contribution in [0.4, 0.5) is 0 Å². The molecule has 1 aromatic carbocycles. The fourth-order valence-corrected chi connectivity index (χ4v) is 3.58. The van der Waals surface area contributed by atoms with Crippen molar-refractivity contribution in [3.63, 3.8) is 0 Å². The van der Waals surface area contributed by atoms with Gasteiger partial charge in [-0.25, -0.2) is 0 Å². The Morgan fingerprint density at radius 2 is 2.28 bits per heavy atom. The normalized spacial score (nSPS) is 17.8. The van der Waals surface area contributed by atoms with Crippen LogP contribution in [-0.4, -0.2) is 35.6 Å². The second kappa shape index (κ2) is 9.18. The first kappa shape index (κ1) is 18.2. The Hall–Kier alpha value is -1.62. The van der Waals surface area contributed by atoms with Crippen LogP contribution in [0.2, 0.25) is 5.02 Å². The van der Waals surface area contributed by atoms with Gasteiger partial charge in [-0.1, -0.05) is 24.6 Å². The first-order valence-corrected chi connectivity index (χ1v) is 9.39. The number of hydrogen-bond acceptors (Lipinski definition) is 4. The zero-order valence-electron chi connectivity index (χ0n) is 14.7. The lowest BCUT2D eigenvalue weighted by Crippen LogP contribution is -2.37. The average molecular weight is 360 g/mol. The second-order valence-corrected chi connectivity index (χ2v) is 6.89. The van der Waals surface area contributed by atoms with E-state index in [1.54, 1.807) is 6.20 Å². The molecule has 2 aromatic rings. The standard InChI is InChI=1S/C20H26ClN3O/c1-2-24-10-4-6-19(24)14-23-13-17-11-18(21)7-8-20(17)25-15-16-5-3-9-22-12-16/h3,5,7-9,11-12,19,23H,2,4,6,10,13-15H2,1H3. The van der Waals surface area contributed by atoms with Gasteiger partial charge in [-0.3, -0.25) is 9.88 Å². The van der Waals surface area contributed by atoms with Gasteiger partial charge in [0.2, 0.25) is 0 Å². The highest BCUT2D eigenvalue weighted by Gasteiger charge is 2.22. The summed E-state index contributed by atoms with van der Waals surface area (Å²) in [7, 11) is 0. The minimum Gasteiger partial charge on any atom is -0.489 e. The van der Waals surface area contributed by atoms with Crippen molar-refractivity contribution in [2.45, 2.75) is 39.0 Å². The molecule has 2 heterocycles. The van der Waals surface area contributed by atoms with E-state index >= 15 is 0 Å². The number of ether oxygens (including phenoxy) is 1. The fourth-order valence-electron chi connectivity index (χ4n) is 3.39. The SMILES string of the molecule is CCN1CCCC1CNCc1cc(Cl)ccc1OCc1cccnc1. The maximum Gasteiger partial charge on any atom is 0.124 e. The summed E-state index contributed by atoms with van der Waals surface area (Å²) in [5.41, 5.74) is 2.15. The van der Waals surface area contributed by atoms with Crippen LogP contribution >= 0.6 is 11.6 Å². The lowest BCUT2D eigenvalue weighted by molar-refractivity contribution is 0.259. The van der Waals surface area contributed by atoms with E-state index in [4.69, 9.17) is 16.3 Å². The highest BCUT2D eigenvalue weighted by atomic mass is 35.5. The molecular formula is C20H26ClN3O. The molecule has 25 heavy (non-hydrogen) atoms. The highest BCUT2D eigenvalue weighted by Crippen LogP contribution is 2.24. The van der Waals surface area contributed by atoms with Crippen LogP contribution in [0.3, 0.4) is 0 Å². The number of likely N-dealkylation sites (N-methyl/N-ethyl adjacent to an activating group) is 1. The Balaban J connectivity index is 1.57. The molecule has 5 heteroatoms. The number of aromatic nitrogens is 1. The molecule has 1 saturated heterocycles. The van der Waals surface area contributed by atoms with Gasteiger partial charge in [-0.15, -0.1) is 0 Å². The molecule has 0 radical (unpaired) electrons. The van der Waals surface area contributed by atoms with Crippen molar-refractivity contribution in [2.24, 2.45) is 0 Å². The van der Waals surface area contributed by atoms with E-state index in [0.717, 1.165) is 41.5 Å². The second-order valence-electron chi connectivity index (χ2n) is 6.46. The van der Waals surface area contributed by atoms with Crippen LogP contribution in [0.15, 0.2) is 42.7 Å². The first-order valence-electron chi connectivity index (χ1n) is 9.01. The maximum atomic E-state index is 6.18. The van der Waals surface area contributed by atoms with Crippen LogP contribution in [0.5, 0.6) is 5.75 Å². The third kappa shape index (κ3) is 5.18. The number of benzene rings is 1. The summed E-state index contributed by atoms with van der Waals surface area (Å²) in [6.07, 6.45) is 6.18. The summed E-state index contributed by atoms with van der Waals surface area (Å²) in [6.45, 7) is 6.86. The number of nitrogens with one attached hydrogen (secondary N) is 1. The van der Waals surface area contributed by atoms with Crippen LogP contribution in [-0.2, 0) is 13.2 Å². The van der Waals surface area contributed by atoms with E-state index in [-0.39, 0.29) is 0 Å². The van der Waals surface area contributed by atoms with Gasteiger partial charge in [-0.2, -0.15) is 0 Å². The smallest absolute Gasteiger partial charge is 0.124 e. The van der Waals surface area contributed by atoms with Crippen molar-refractivity contribution in [1.29, 1.82) is 0 Å². The van der Waals surface area contributed by atoms with E-state index in [1.165, 1.54) is 19.4 Å². The molecule has 0 aliphatic carbocycles. The lowest BCUT2D eigenvalue weighted by atomic mass is 10.1. The third-order valence-electron chi connectivity index (χ3n) is 4.74. The minimum atomic E-state index is 0.509. The van der Waals surface area contributed by atoms with E-state index in [2.05, 4.69) is 22.1 Å². The molecule has 4 nitrogen and oxygen atoms in total. The summed E-state index contributed by atoms with van der Waals surface area (Å²) in [5, 5.41) is 4.32. The molecule has 1 N–H and O–H groups in total. The lowest BCUT2D eigenvalue weighted by Gasteiger charge is -2.23. The van der Waals surface area contributed by atoms with Crippen molar-refractivity contribution in [2.75, 3.05) is 19.6 Å². The third-order valence-corrected chi connectivity index (χ3v) is 4.98. The Morgan fingerprint density at radius 3 is 3.08 bits per heavy atom. The van der Waals surface area contributed by atoms with E-state index in [9.17, 15) is 0 Å². The van der Waals surface area contributed by atoms with Gasteiger partial charge in [0.15, 0.2) is 0 Å². The van der Waals surface area contributed by atoms with Crippen molar-refractivity contribution in [3.8, 4) is 5.75 Å². The summed E-state index contributed by atoms with van der Waals surface area (Å²) in [6, 6.07) is 10.4. The Morgan fingerprint density at radius 1 is 1.36 bits per heavy atom. The Labute approximate surface area is 155 Å². The molecule has 1 aromatic heterocycles. The van der Waals surface area contributed by atoms with Crippen molar-refractivity contribution >= 4 is 11.6 Å². The summed E-state index contributed by atoms with van der Waals surface area (Å²) >= 11 is 6.18. The maximum absolute atomic E-state index is 6.18. The van der Waals surface area contributed by atoms with Crippen LogP contribution in [0.1, 0.15) is 30.9 Å². The van der Waals surface area contributed by atoms with E-state index in [0.29, 0.717) is 12.6 Å². The molecule has 0 amide bonds. The monoisotopic (exact) mass is 359 g/mol. The average Bonchev–Trinajstić information content (AvgIpc) is 3.09. The van der Waals surface area contributed by atoms with Crippen molar-refractivity contribution < 1.29 is 4.74 Å². The predicted octanol–water partition coefficient (Wildman–Crippen LogP) is 3.89. The van der Waals surface area contributed by atoms with Crippen LogP contribution in [0.25, 0.3) is 0 Å². The van der Waals surface area contributed by atoms with E-state index < -0.39 is 0 Å². The first-order chi connectivity index (χ1) is 12.3. The van der Waals surface area contributed by atoms with Crippen molar-refractivity contribution in [3.05, 3.63) is 58.9 Å². The largest absolute Gasteiger partial charge is 0.489 e. The number of halogens is 1. The molecule has 1 fully saturated rings. The van der Waals surface area contributed by atoms with Gasteiger partial charge >= 0.3 is 0 Å². The number of likely N-dealkylation sites (tertiary alicyclic amines) is 1. The quantitative estimate of drug-likeness (QED) is 0.776. The number of hydrogen-bond donors (Lipinski definition) is 1. The molecule has 0 saturated carbocycles. The summed E-state index contributed by atoms with van der Waals surface area (Å²) < 4.78 is 5.99. The Kier molecular flexibility index (Phi) is 6.68. The molecule has 0 bridgehead atoms. The van der Waals surface area contributed by atoms with Gasteiger partial charge in [0, 0.05) is 47.7 Å². The van der Waals surface area contributed by atoms with Crippen molar-refractivity contribution in [1.82, 2.24) is 15.2 Å². The number of nitrogens with zero attached hydrogens (tertiary/aromatic N) is 2. The molecule has 3 rings (SSSR count). The van der Waals surface area contributed by atoms with Crippen LogP contribution < -0.4 is 10.1 Å². The predicted molar refractivity (Wildman–Crippen MR) is 102 cm³/mol. The zero-order valence-corrected chi connectivity index (χ0v) is 15.5. The van der Waals surface area contributed by atoms with Gasteiger partial charge in [0.1, 0.15) is 12.4 Å². The molecule has 134 valence electrons. The molecular weight excluding hydrogens is 334 g/mol. The van der Waals surface area contributed by atoms with Gasteiger partial charge < -0.3 is 10.1 Å². The van der Waals surface area contributed by atoms with Gasteiger partial charge in [0.25, 0.3) is 0 Å². The Bertz CT molecular complexity index is 665. The molecule has 1 aliphatic rings. The molecule has 1 aliphatic heterocycles. The van der Waals surface area contributed by atoms with E-state index in [1.807, 2.05) is 36.5 Å². The van der Waals surface area contributed by atoms with Gasteiger partial charge in [0.05, 0.1) is 0 Å².